The molecule has 0 fully saturated rings. The fourth-order valence-corrected chi connectivity index (χ4v) is 4.07. The van der Waals surface area contributed by atoms with E-state index < -0.39 is 11.4 Å². The third-order valence-corrected chi connectivity index (χ3v) is 5.56. The second-order valence-electron chi connectivity index (χ2n) is 5.57. The maximum Gasteiger partial charge on any atom is 0.311 e. The summed E-state index contributed by atoms with van der Waals surface area (Å²) in [7, 11) is 0. The molecule has 0 saturated heterocycles. The van der Waals surface area contributed by atoms with Gasteiger partial charge in [0.1, 0.15) is 0 Å². The second-order valence-corrected chi connectivity index (χ2v) is 6.63. The molecule has 104 valence electrons. The van der Waals surface area contributed by atoms with E-state index in [1.807, 2.05) is 37.7 Å². The highest BCUT2D eigenvalue weighted by Gasteiger charge is 2.43. The van der Waals surface area contributed by atoms with Crippen molar-refractivity contribution in [2.45, 2.75) is 31.1 Å². The smallest absolute Gasteiger partial charge is 0.311 e. The van der Waals surface area contributed by atoms with Crippen molar-refractivity contribution in [3.05, 3.63) is 29.8 Å². The van der Waals surface area contributed by atoms with Crippen LogP contribution in [0.4, 0.5) is 0 Å². The standard InChI is InChI=1S/C15H21NO2S/c1-10(2)15(9-16,14(17)18)7-11-8-19-13-6-4-3-5-12(11)13/h3-6,10-11H,7-9,16H2,1-2H3,(H,17,18). The van der Waals surface area contributed by atoms with Gasteiger partial charge in [-0.3, -0.25) is 4.79 Å². The van der Waals surface area contributed by atoms with Crippen LogP contribution in [0.3, 0.4) is 0 Å². The van der Waals surface area contributed by atoms with E-state index in [1.165, 1.54) is 10.5 Å². The third-order valence-electron chi connectivity index (χ3n) is 4.30. The van der Waals surface area contributed by atoms with Gasteiger partial charge in [0.15, 0.2) is 0 Å². The first-order chi connectivity index (χ1) is 9.01. The van der Waals surface area contributed by atoms with Crippen LogP contribution in [0.1, 0.15) is 31.7 Å². The van der Waals surface area contributed by atoms with Gasteiger partial charge in [-0.15, -0.1) is 11.8 Å². The van der Waals surface area contributed by atoms with Crippen LogP contribution in [-0.2, 0) is 4.79 Å². The van der Waals surface area contributed by atoms with Crippen molar-refractivity contribution in [2.24, 2.45) is 17.1 Å². The molecule has 19 heavy (non-hydrogen) atoms. The molecule has 1 heterocycles. The number of rotatable bonds is 5. The molecule has 1 aromatic carbocycles. The highest BCUT2D eigenvalue weighted by molar-refractivity contribution is 7.99. The molecule has 3 N–H and O–H groups in total. The summed E-state index contributed by atoms with van der Waals surface area (Å²) in [5.41, 5.74) is 6.29. The largest absolute Gasteiger partial charge is 0.481 e. The quantitative estimate of drug-likeness (QED) is 0.870. The Morgan fingerprint density at radius 1 is 1.53 bits per heavy atom. The number of hydrogen-bond acceptors (Lipinski definition) is 3. The molecule has 0 spiro atoms. The van der Waals surface area contributed by atoms with Gasteiger partial charge in [0, 0.05) is 17.2 Å². The lowest BCUT2D eigenvalue weighted by atomic mass is 9.70. The van der Waals surface area contributed by atoms with Crippen LogP contribution in [0.5, 0.6) is 0 Å². The molecule has 0 aromatic heterocycles. The number of thioether (sulfide) groups is 1. The average Bonchev–Trinajstić information content (AvgIpc) is 2.78. The van der Waals surface area contributed by atoms with Crippen molar-refractivity contribution in [2.75, 3.05) is 12.3 Å². The molecule has 0 aliphatic carbocycles. The minimum absolute atomic E-state index is 0.0350. The van der Waals surface area contributed by atoms with Crippen LogP contribution in [0, 0.1) is 11.3 Å². The lowest BCUT2D eigenvalue weighted by molar-refractivity contribution is -0.152. The van der Waals surface area contributed by atoms with E-state index >= 15 is 0 Å². The van der Waals surface area contributed by atoms with Gasteiger partial charge in [-0.1, -0.05) is 32.0 Å². The molecule has 1 aromatic rings. The Labute approximate surface area is 118 Å². The summed E-state index contributed by atoms with van der Waals surface area (Å²) >= 11 is 1.82. The minimum atomic E-state index is -0.817. The summed E-state index contributed by atoms with van der Waals surface area (Å²) < 4.78 is 0. The highest BCUT2D eigenvalue weighted by atomic mass is 32.2. The van der Waals surface area contributed by atoms with E-state index in [4.69, 9.17) is 5.73 Å². The van der Waals surface area contributed by atoms with Crippen LogP contribution in [0.2, 0.25) is 0 Å². The van der Waals surface area contributed by atoms with Crippen molar-refractivity contribution in [3.8, 4) is 0 Å². The van der Waals surface area contributed by atoms with Gasteiger partial charge >= 0.3 is 5.97 Å². The fourth-order valence-electron chi connectivity index (χ4n) is 2.81. The molecule has 0 amide bonds. The van der Waals surface area contributed by atoms with Crippen LogP contribution >= 0.6 is 11.8 Å². The Kier molecular flexibility index (Phi) is 4.21. The van der Waals surface area contributed by atoms with E-state index in [1.54, 1.807) is 0 Å². The molecule has 1 aliphatic rings. The first-order valence-electron chi connectivity index (χ1n) is 6.66. The summed E-state index contributed by atoms with van der Waals surface area (Å²) in [6.45, 7) is 4.10. The monoisotopic (exact) mass is 279 g/mol. The normalized spacial score (nSPS) is 21.2. The molecule has 3 nitrogen and oxygen atoms in total. The molecule has 0 radical (unpaired) electrons. The molecule has 2 atom stereocenters. The Morgan fingerprint density at radius 3 is 2.79 bits per heavy atom. The molecule has 2 unspecified atom stereocenters. The van der Waals surface area contributed by atoms with Gasteiger partial charge in [-0.2, -0.15) is 0 Å². The average molecular weight is 279 g/mol. The zero-order chi connectivity index (χ0) is 14.0. The van der Waals surface area contributed by atoms with Gasteiger partial charge in [0.05, 0.1) is 5.41 Å². The predicted octanol–water partition coefficient (Wildman–Crippen LogP) is 2.95. The number of carbonyl (C=O) groups is 1. The van der Waals surface area contributed by atoms with Crippen LogP contribution in [0.15, 0.2) is 29.2 Å². The van der Waals surface area contributed by atoms with Crippen molar-refractivity contribution in [1.29, 1.82) is 0 Å². The molecule has 4 heteroatoms. The number of benzene rings is 1. The van der Waals surface area contributed by atoms with E-state index in [9.17, 15) is 9.90 Å². The Bertz CT molecular complexity index is 475. The van der Waals surface area contributed by atoms with Gasteiger partial charge < -0.3 is 10.8 Å². The van der Waals surface area contributed by atoms with Crippen molar-refractivity contribution >= 4 is 17.7 Å². The van der Waals surface area contributed by atoms with E-state index in [0.29, 0.717) is 12.3 Å². The molecule has 2 rings (SSSR count). The Hall–Kier alpha value is -1.00. The molecule has 0 bridgehead atoms. The number of carboxylic acids is 1. The number of nitrogens with two attached hydrogens (primary N) is 1. The molecular formula is C15H21NO2S. The summed E-state index contributed by atoms with van der Waals surface area (Å²) in [6, 6.07) is 8.28. The van der Waals surface area contributed by atoms with Crippen molar-refractivity contribution in [3.63, 3.8) is 0 Å². The predicted molar refractivity (Wildman–Crippen MR) is 78.5 cm³/mol. The SMILES string of the molecule is CC(C)C(CN)(CC1CSc2ccccc21)C(=O)O. The van der Waals surface area contributed by atoms with Gasteiger partial charge in [0.2, 0.25) is 0 Å². The van der Waals surface area contributed by atoms with E-state index in [0.717, 1.165) is 5.75 Å². The first-order valence-corrected chi connectivity index (χ1v) is 7.65. The van der Waals surface area contributed by atoms with Crippen LogP contribution in [-0.4, -0.2) is 23.4 Å². The molecular weight excluding hydrogens is 258 g/mol. The zero-order valence-corrected chi connectivity index (χ0v) is 12.2. The number of fused-ring (bicyclic) bond motifs is 1. The van der Waals surface area contributed by atoms with Crippen molar-refractivity contribution in [1.82, 2.24) is 0 Å². The van der Waals surface area contributed by atoms with Crippen LogP contribution < -0.4 is 5.73 Å². The Balaban J connectivity index is 2.27. The summed E-state index contributed by atoms with van der Waals surface area (Å²) in [4.78, 5) is 13.0. The number of hydrogen-bond donors (Lipinski definition) is 2. The summed E-state index contributed by atoms with van der Waals surface area (Å²) in [5, 5.41) is 9.62. The Morgan fingerprint density at radius 2 is 2.21 bits per heavy atom. The molecule has 1 aliphatic heterocycles. The summed E-state index contributed by atoms with van der Waals surface area (Å²) in [6.07, 6.45) is 0.626. The lowest BCUT2D eigenvalue weighted by Crippen LogP contribution is -2.44. The topological polar surface area (TPSA) is 63.3 Å². The number of carboxylic acid groups (broad SMARTS) is 1. The fraction of sp³-hybridized carbons (Fsp3) is 0.533. The van der Waals surface area contributed by atoms with E-state index in [2.05, 4.69) is 12.1 Å². The zero-order valence-electron chi connectivity index (χ0n) is 11.4. The number of aliphatic carboxylic acids is 1. The molecule has 0 saturated carbocycles. The van der Waals surface area contributed by atoms with Crippen LogP contribution in [0.25, 0.3) is 0 Å². The maximum absolute atomic E-state index is 11.7. The first kappa shape index (κ1) is 14.4. The van der Waals surface area contributed by atoms with Gasteiger partial charge in [-0.25, -0.2) is 0 Å². The summed E-state index contributed by atoms with van der Waals surface area (Å²) in [5.74, 6) is 0.525. The second kappa shape index (κ2) is 5.55. The van der Waals surface area contributed by atoms with Crippen molar-refractivity contribution < 1.29 is 9.90 Å². The lowest BCUT2D eigenvalue weighted by Gasteiger charge is -2.34. The van der Waals surface area contributed by atoms with Gasteiger partial charge in [0.25, 0.3) is 0 Å². The third kappa shape index (κ3) is 2.51. The van der Waals surface area contributed by atoms with E-state index in [-0.39, 0.29) is 12.5 Å². The highest BCUT2D eigenvalue weighted by Crippen LogP contribution is 2.46. The van der Waals surface area contributed by atoms with Gasteiger partial charge in [-0.05, 0) is 29.9 Å². The maximum atomic E-state index is 11.7. The minimum Gasteiger partial charge on any atom is -0.481 e.